The van der Waals surface area contributed by atoms with Crippen LogP contribution in [-0.2, 0) is 9.53 Å². The van der Waals surface area contributed by atoms with Gasteiger partial charge in [-0.3, -0.25) is 10.1 Å². The summed E-state index contributed by atoms with van der Waals surface area (Å²) in [6, 6.07) is 8.25. The minimum atomic E-state index is -0.102. The Kier molecular flexibility index (Phi) is 13.7. The molecule has 1 aliphatic heterocycles. The van der Waals surface area contributed by atoms with Gasteiger partial charge >= 0.3 is 5.97 Å². The molecule has 2 unspecified atom stereocenters. The number of unbranched alkanes of at least 4 members (excludes halogenated alkanes) is 9. The largest absolute Gasteiger partial charge is 0.494 e. The molecule has 0 fully saturated rings. The Morgan fingerprint density at radius 2 is 1.62 bits per heavy atom. The molecule has 1 aromatic carbocycles. The van der Waals surface area contributed by atoms with Crippen LogP contribution in [0.15, 0.2) is 47.9 Å². The molecule has 0 spiro atoms. The Morgan fingerprint density at radius 1 is 0.919 bits per heavy atom. The molecule has 3 rings (SSSR count). The van der Waals surface area contributed by atoms with Gasteiger partial charge in [0.1, 0.15) is 17.7 Å². The second kappa shape index (κ2) is 17.3. The van der Waals surface area contributed by atoms with Crippen LogP contribution in [0, 0.1) is 5.92 Å². The van der Waals surface area contributed by atoms with E-state index in [9.17, 15) is 4.79 Å². The highest BCUT2D eigenvalue weighted by atomic mass is 16.5. The van der Waals surface area contributed by atoms with E-state index in [2.05, 4.69) is 42.7 Å². The van der Waals surface area contributed by atoms with Gasteiger partial charge in [0.2, 0.25) is 0 Å². The number of benzene rings is 1. The van der Waals surface area contributed by atoms with Gasteiger partial charge in [-0.2, -0.15) is 0 Å². The monoisotopic (exact) mass is 510 g/mol. The Balaban J connectivity index is 1.31. The number of hydrogen-bond acceptors (Lipinski definition) is 5. The van der Waals surface area contributed by atoms with E-state index >= 15 is 0 Å². The van der Waals surface area contributed by atoms with Crippen LogP contribution in [0.25, 0.3) is 0 Å². The first-order valence-electron chi connectivity index (χ1n) is 15.0. The summed E-state index contributed by atoms with van der Waals surface area (Å²) >= 11 is 0. The standard InChI is InChI=1S/C32H50N2O3/c1-3-5-7-8-9-10-11-13-23-36-29-21-19-27(20-22-29)31-33-24-30(25-34-31)37-32(35)28-17-15-26(16-18-28)14-12-6-4-2/h15,19-22,24,28,31,33-34H,3-14,16-18,23,25H2,1-2H3. The normalized spacial score (nSPS) is 19.5. The van der Waals surface area contributed by atoms with Crippen molar-refractivity contribution in [2.45, 2.75) is 116 Å². The summed E-state index contributed by atoms with van der Waals surface area (Å²) in [7, 11) is 0. The predicted molar refractivity (Wildman–Crippen MR) is 152 cm³/mol. The maximum atomic E-state index is 12.7. The van der Waals surface area contributed by atoms with Crippen LogP contribution < -0.4 is 15.4 Å². The third-order valence-electron chi connectivity index (χ3n) is 7.54. The van der Waals surface area contributed by atoms with E-state index in [1.165, 1.54) is 76.2 Å². The fourth-order valence-electron chi connectivity index (χ4n) is 5.10. The molecule has 37 heavy (non-hydrogen) atoms. The number of rotatable bonds is 17. The lowest BCUT2D eigenvalue weighted by Crippen LogP contribution is -2.38. The van der Waals surface area contributed by atoms with E-state index < -0.39 is 0 Å². The molecule has 1 aromatic rings. The van der Waals surface area contributed by atoms with E-state index in [1.807, 2.05) is 18.3 Å². The van der Waals surface area contributed by atoms with E-state index in [-0.39, 0.29) is 18.1 Å². The zero-order valence-electron chi connectivity index (χ0n) is 23.4. The minimum absolute atomic E-state index is 0.00694. The number of carbonyl (C=O) groups excluding carboxylic acids is 1. The topological polar surface area (TPSA) is 59.6 Å². The van der Waals surface area contributed by atoms with E-state index in [1.54, 1.807) is 0 Å². The first-order valence-corrected chi connectivity index (χ1v) is 15.0. The molecule has 206 valence electrons. The fraction of sp³-hybridized carbons (Fsp3) is 0.656. The molecule has 2 N–H and O–H groups in total. The van der Waals surface area contributed by atoms with Crippen molar-refractivity contribution in [1.29, 1.82) is 0 Å². The number of esters is 1. The lowest BCUT2D eigenvalue weighted by molar-refractivity contribution is -0.144. The van der Waals surface area contributed by atoms with Gasteiger partial charge < -0.3 is 14.8 Å². The van der Waals surface area contributed by atoms with Crippen LogP contribution in [0.4, 0.5) is 0 Å². The fourth-order valence-corrected chi connectivity index (χ4v) is 5.10. The quantitative estimate of drug-likeness (QED) is 0.126. The highest BCUT2D eigenvalue weighted by Gasteiger charge is 2.25. The van der Waals surface area contributed by atoms with Crippen molar-refractivity contribution in [1.82, 2.24) is 10.6 Å². The maximum absolute atomic E-state index is 12.7. The summed E-state index contributed by atoms with van der Waals surface area (Å²) in [5.41, 5.74) is 2.65. The van der Waals surface area contributed by atoms with Crippen molar-refractivity contribution >= 4 is 5.97 Å². The average molecular weight is 511 g/mol. The highest BCUT2D eigenvalue weighted by Crippen LogP contribution is 2.28. The Hall–Kier alpha value is -2.27. The van der Waals surface area contributed by atoms with Crippen LogP contribution in [-0.4, -0.2) is 19.1 Å². The summed E-state index contributed by atoms with van der Waals surface area (Å²) in [5.74, 6) is 1.45. The van der Waals surface area contributed by atoms with Crippen molar-refractivity contribution in [2.24, 2.45) is 5.92 Å². The Labute approximate surface area is 225 Å². The van der Waals surface area contributed by atoms with Crippen molar-refractivity contribution < 1.29 is 14.3 Å². The number of carbonyl (C=O) groups is 1. The second-order valence-corrected chi connectivity index (χ2v) is 10.7. The molecule has 0 bridgehead atoms. The van der Waals surface area contributed by atoms with Gasteiger partial charge in [-0.25, -0.2) is 0 Å². The molecular weight excluding hydrogens is 460 g/mol. The van der Waals surface area contributed by atoms with Crippen LogP contribution in [0.3, 0.4) is 0 Å². The number of allylic oxidation sites excluding steroid dienone is 2. The van der Waals surface area contributed by atoms with Gasteiger partial charge in [0, 0.05) is 6.20 Å². The first-order chi connectivity index (χ1) is 18.2. The van der Waals surface area contributed by atoms with E-state index in [0.717, 1.165) is 43.6 Å². The molecule has 1 heterocycles. The van der Waals surface area contributed by atoms with Gasteiger partial charge in [0.05, 0.1) is 19.1 Å². The molecule has 1 aliphatic carbocycles. The number of hydrogen-bond donors (Lipinski definition) is 2. The van der Waals surface area contributed by atoms with Crippen LogP contribution >= 0.6 is 0 Å². The summed E-state index contributed by atoms with van der Waals surface area (Å²) < 4.78 is 11.6. The van der Waals surface area contributed by atoms with Crippen molar-refractivity contribution in [3.63, 3.8) is 0 Å². The van der Waals surface area contributed by atoms with E-state index in [4.69, 9.17) is 9.47 Å². The van der Waals surface area contributed by atoms with Gasteiger partial charge in [0.15, 0.2) is 0 Å². The third-order valence-corrected chi connectivity index (χ3v) is 7.54. The molecule has 0 saturated carbocycles. The average Bonchev–Trinajstić information content (AvgIpc) is 2.93. The molecular formula is C32H50N2O3. The SMILES string of the molecule is CCCCCCCCCCOc1ccc(C2NC=C(OC(=O)C3CC=C(CCCCC)CC3)CN2)cc1. The third kappa shape index (κ3) is 10.9. The Morgan fingerprint density at radius 3 is 2.27 bits per heavy atom. The zero-order valence-corrected chi connectivity index (χ0v) is 23.4. The summed E-state index contributed by atoms with van der Waals surface area (Å²) in [6.45, 7) is 5.81. The smallest absolute Gasteiger partial charge is 0.314 e. The summed E-state index contributed by atoms with van der Waals surface area (Å²) in [4.78, 5) is 12.7. The van der Waals surface area contributed by atoms with Gasteiger partial charge in [-0.1, -0.05) is 95.4 Å². The van der Waals surface area contributed by atoms with Crippen LogP contribution in [0.2, 0.25) is 0 Å². The van der Waals surface area contributed by atoms with E-state index in [0.29, 0.717) is 12.3 Å². The van der Waals surface area contributed by atoms with Crippen molar-refractivity contribution in [3.05, 3.63) is 53.4 Å². The zero-order chi connectivity index (χ0) is 26.1. The Bertz CT molecular complexity index is 846. The van der Waals surface area contributed by atoms with Gasteiger partial charge in [0.25, 0.3) is 0 Å². The van der Waals surface area contributed by atoms with Crippen molar-refractivity contribution in [2.75, 3.05) is 13.2 Å². The number of ether oxygens (including phenoxy) is 2. The number of nitrogens with one attached hydrogen (secondary N) is 2. The maximum Gasteiger partial charge on any atom is 0.314 e. The van der Waals surface area contributed by atoms with Gasteiger partial charge in [-0.15, -0.1) is 0 Å². The van der Waals surface area contributed by atoms with Gasteiger partial charge in [-0.05, 0) is 56.2 Å². The second-order valence-electron chi connectivity index (χ2n) is 10.7. The lowest BCUT2D eigenvalue weighted by atomic mass is 9.87. The van der Waals surface area contributed by atoms with Crippen molar-refractivity contribution in [3.8, 4) is 5.75 Å². The molecule has 2 aliphatic rings. The summed E-state index contributed by atoms with van der Waals surface area (Å²) in [5, 5.41) is 6.75. The van der Waals surface area contributed by atoms with Crippen LogP contribution in [0.5, 0.6) is 5.75 Å². The molecule has 2 atom stereocenters. The lowest BCUT2D eigenvalue weighted by Gasteiger charge is -2.27. The molecule has 0 amide bonds. The van der Waals surface area contributed by atoms with Crippen LogP contribution in [0.1, 0.15) is 122 Å². The molecule has 0 aromatic heterocycles. The molecule has 5 heteroatoms. The summed E-state index contributed by atoms with van der Waals surface area (Å²) in [6.07, 6.45) is 22.3. The minimum Gasteiger partial charge on any atom is -0.494 e. The first kappa shape index (κ1) is 29.3. The highest BCUT2D eigenvalue weighted by molar-refractivity contribution is 5.74. The molecule has 5 nitrogen and oxygen atoms in total. The predicted octanol–water partition coefficient (Wildman–Crippen LogP) is 8.09. The molecule has 0 saturated heterocycles. The molecule has 0 radical (unpaired) electrons.